The molecule has 2 rings (SSSR count). The molecule has 0 radical (unpaired) electrons. The van der Waals surface area contributed by atoms with Crippen molar-refractivity contribution >= 4 is 11.8 Å². The number of rotatable bonds is 1. The van der Waals surface area contributed by atoms with Crippen molar-refractivity contribution in [2.24, 2.45) is 0 Å². The molecule has 0 bridgehead atoms. The zero-order valence-electron chi connectivity index (χ0n) is 7.92. The number of ether oxygens (including phenoxy) is 1. The van der Waals surface area contributed by atoms with Crippen LogP contribution in [-0.4, -0.2) is 13.7 Å². The molecule has 0 unspecified atom stereocenters. The van der Waals surface area contributed by atoms with Crippen LogP contribution >= 0.6 is 0 Å². The molecule has 2 heteroatoms. The van der Waals surface area contributed by atoms with Gasteiger partial charge in [0.15, 0.2) is 0 Å². The zero-order chi connectivity index (χ0) is 9.26. The van der Waals surface area contributed by atoms with Gasteiger partial charge in [-0.2, -0.15) is 0 Å². The van der Waals surface area contributed by atoms with Crippen LogP contribution < -0.4 is 10.1 Å². The van der Waals surface area contributed by atoms with Crippen LogP contribution in [0.1, 0.15) is 12.5 Å². The Morgan fingerprint density at radius 2 is 2.23 bits per heavy atom. The van der Waals surface area contributed by atoms with Gasteiger partial charge in [0, 0.05) is 12.1 Å². The predicted octanol–water partition coefficient (Wildman–Crippen LogP) is 2.52. The molecule has 0 spiro atoms. The number of anilines is 1. The fourth-order valence-electron chi connectivity index (χ4n) is 1.57. The number of benzene rings is 1. The Bertz CT molecular complexity index is 355. The molecule has 1 aromatic rings. The molecule has 0 amide bonds. The fourth-order valence-corrected chi connectivity index (χ4v) is 1.57. The molecule has 0 fully saturated rings. The molecule has 68 valence electrons. The first-order chi connectivity index (χ1) is 6.31. The summed E-state index contributed by atoms with van der Waals surface area (Å²) in [6.45, 7) is 3.03. The minimum atomic E-state index is 0.910. The SMILES string of the molecule is COc1cccc2c1NCC(C)=C2. The second-order valence-electron chi connectivity index (χ2n) is 3.27. The third kappa shape index (κ3) is 1.39. The highest BCUT2D eigenvalue weighted by molar-refractivity contribution is 5.76. The standard InChI is InChI=1S/C11H13NO/c1-8-6-9-4-3-5-10(13-2)11(9)12-7-8/h3-6,12H,7H2,1-2H3. The van der Waals surface area contributed by atoms with Gasteiger partial charge in [-0.25, -0.2) is 0 Å². The summed E-state index contributed by atoms with van der Waals surface area (Å²) in [6.07, 6.45) is 2.19. The van der Waals surface area contributed by atoms with E-state index in [0.29, 0.717) is 0 Å². The van der Waals surface area contributed by atoms with E-state index in [4.69, 9.17) is 4.74 Å². The van der Waals surface area contributed by atoms with E-state index in [1.165, 1.54) is 11.1 Å². The topological polar surface area (TPSA) is 21.3 Å². The highest BCUT2D eigenvalue weighted by Crippen LogP contribution is 2.32. The van der Waals surface area contributed by atoms with E-state index >= 15 is 0 Å². The lowest BCUT2D eigenvalue weighted by Gasteiger charge is -2.18. The number of hydrogen-bond acceptors (Lipinski definition) is 2. The molecule has 0 aromatic heterocycles. The summed E-state index contributed by atoms with van der Waals surface area (Å²) in [5.74, 6) is 0.918. The van der Waals surface area contributed by atoms with Crippen molar-refractivity contribution in [1.29, 1.82) is 0 Å². The first-order valence-electron chi connectivity index (χ1n) is 4.39. The van der Waals surface area contributed by atoms with Crippen molar-refractivity contribution < 1.29 is 4.74 Å². The monoisotopic (exact) mass is 175 g/mol. The van der Waals surface area contributed by atoms with E-state index in [2.05, 4.69) is 24.4 Å². The first kappa shape index (κ1) is 8.17. The molecule has 2 nitrogen and oxygen atoms in total. The summed E-state index contributed by atoms with van der Waals surface area (Å²) < 4.78 is 5.26. The molecule has 1 aliphatic heterocycles. The van der Waals surface area contributed by atoms with Gasteiger partial charge in [-0.05, 0) is 13.0 Å². The summed E-state index contributed by atoms with van der Waals surface area (Å²) in [6, 6.07) is 6.07. The maximum atomic E-state index is 5.26. The van der Waals surface area contributed by atoms with Gasteiger partial charge in [0.05, 0.1) is 12.8 Å². The van der Waals surface area contributed by atoms with Gasteiger partial charge in [-0.15, -0.1) is 0 Å². The highest BCUT2D eigenvalue weighted by atomic mass is 16.5. The van der Waals surface area contributed by atoms with Crippen molar-refractivity contribution in [2.45, 2.75) is 6.92 Å². The normalized spacial score (nSPS) is 14.2. The smallest absolute Gasteiger partial charge is 0.142 e. The molecule has 1 N–H and O–H groups in total. The maximum absolute atomic E-state index is 5.26. The molecule has 13 heavy (non-hydrogen) atoms. The maximum Gasteiger partial charge on any atom is 0.142 e. The Labute approximate surface area is 78.2 Å². The van der Waals surface area contributed by atoms with Crippen molar-refractivity contribution in [2.75, 3.05) is 19.0 Å². The molecule has 0 saturated heterocycles. The molecule has 0 atom stereocenters. The summed E-state index contributed by atoms with van der Waals surface area (Å²) in [7, 11) is 1.70. The second-order valence-corrected chi connectivity index (χ2v) is 3.27. The highest BCUT2D eigenvalue weighted by Gasteiger charge is 2.10. The molecule has 0 aliphatic carbocycles. The molecule has 1 aliphatic rings. The van der Waals surface area contributed by atoms with Crippen LogP contribution in [0.3, 0.4) is 0 Å². The number of nitrogens with one attached hydrogen (secondary N) is 1. The Morgan fingerprint density at radius 1 is 1.38 bits per heavy atom. The van der Waals surface area contributed by atoms with Crippen LogP contribution in [0.25, 0.3) is 6.08 Å². The van der Waals surface area contributed by atoms with Crippen LogP contribution in [0, 0.1) is 0 Å². The predicted molar refractivity (Wildman–Crippen MR) is 55.1 cm³/mol. The van der Waals surface area contributed by atoms with E-state index in [9.17, 15) is 0 Å². The van der Waals surface area contributed by atoms with Crippen LogP contribution in [0.5, 0.6) is 5.75 Å². The zero-order valence-corrected chi connectivity index (χ0v) is 7.92. The lowest BCUT2D eigenvalue weighted by molar-refractivity contribution is 0.416. The van der Waals surface area contributed by atoms with Gasteiger partial charge in [-0.1, -0.05) is 23.8 Å². The largest absolute Gasteiger partial charge is 0.495 e. The van der Waals surface area contributed by atoms with E-state index in [1.807, 2.05) is 12.1 Å². The first-order valence-corrected chi connectivity index (χ1v) is 4.39. The van der Waals surface area contributed by atoms with Gasteiger partial charge in [0.2, 0.25) is 0 Å². The Balaban J connectivity index is 2.52. The second kappa shape index (κ2) is 3.13. The van der Waals surface area contributed by atoms with Gasteiger partial charge < -0.3 is 10.1 Å². The molecule has 1 heterocycles. The van der Waals surface area contributed by atoms with E-state index in [-0.39, 0.29) is 0 Å². The van der Waals surface area contributed by atoms with Crippen molar-refractivity contribution in [3.05, 3.63) is 29.3 Å². The van der Waals surface area contributed by atoms with Gasteiger partial charge in [-0.3, -0.25) is 0 Å². The number of hydrogen-bond donors (Lipinski definition) is 1. The number of methoxy groups -OCH3 is 1. The van der Waals surface area contributed by atoms with Crippen LogP contribution in [0.15, 0.2) is 23.8 Å². The van der Waals surface area contributed by atoms with Crippen LogP contribution in [-0.2, 0) is 0 Å². The van der Waals surface area contributed by atoms with Crippen LogP contribution in [0.4, 0.5) is 5.69 Å². The molecular weight excluding hydrogens is 162 g/mol. The number of para-hydroxylation sites is 1. The van der Waals surface area contributed by atoms with Crippen molar-refractivity contribution in [3.8, 4) is 5.75 Å². The average Bonchev–Trinajstić information content (AvgIpc) is 2.16. The molecule has 0 saturated carbocycles. The average molecular weight is 175 g/mol. The molecular formula is C11H13NO. The Hall–Kier alpha value is -1.44. The van der Waals surface area contributed by atoms with E-state index in [0.717, 1.165) is 18.0 Å². The minimum absolute atomic E-state index is 0.910. The van der Waals surface area contributed by atoms with Gasteiger partial charge in [0.1, 0.15) is 5.75 Å². The number of fused-ring (bicyclic) bond motifs is 1. The summed E-state index contributed by atoms with van der Waals surface area (Å²) >= 11 is 0. The van der Waals surface area contributed by atoms with Crippen molar-refractivity contribution in [3.63, 3.8) is 0 Å². The quantitative estimate of drug-likeness (QED) is 0.708. The third-order valence-corrected chi connectivity index (χ3v) is 2.22. The summed E-state index contributed by atoms with van der Waals surface area (Å²) in [4.78, 5) is 0. The summed E-state index contributed by atoms with van der Waals surface area (Å²) in [5.41, 5.74) is 3.67. The molecule has 1 aromatic carbocycles. The third-order valence-electron chi connectivity index (χ3n) is 2.22. The lowest BCUT2D eigenvalue weighted by atomic mass is 10.1. The van der Waals surface area contributed by atoms with Crippen molar-refractivity contribution in [1.82, 2.24) is 0 Å². The lowest BCUT2D eigenvalue weighted by Crippen LogP contribution is -2.09. The summed E-state index contributed by atoms with van der Waals surface area (Å²) in [5, 5.41) is 3.34. The van der Waals surface area contributed by atoms with Gasteiger partial charge >= 0.3 is 0 Å². The minimum Gasteiger partial charge on any atom is -0.495 e. The van der Waals surface area contributed by atoms with E-state index in [1.54, 1.807) is 7.11 Å². The Morgan fingerprint density at radius 3 is 3.00 bits per heavy atom. The van der Waals surface area contributed by atoms with Crippen LogP contribution in [0.2, 0.25) is 0 Å². The Kier molecular flexibility index (Phi) is 1.97. The van der Waals surface area contributed by atoms with Gasteiger partial charge in [0.25, 0.3) is 0 Å². The van der Waals surface area contributed by atoms with E-state index < -0.39 is 0 Å². The fraction of sp³-hybridized carbons (Fsp3) is 0.273.